The lowest BCUT2D eigenvalue weighted by atomic mass is 10.1. The second-order valence-electron chi connectivity index (χ2n) is 2.89. The number of nitrogens with two attached hydrogens (primary N) is 1. The van der Waals surface area contributed by atoms with Crippen molar-refractivity contribution in [2.45, 2.75) is 25.8 Å². The van der Waals surface area contributed by atoms with Crippen molar-refractivity contribution >= 4 is 5.78 Å². The van der Waals surface area contributed by atoms with E-state index in [1.807, 2.05) is 6.92 Å². The average molecular weight is 179 g/mol. The molecule has 0 saturated carbocycles. The molecule has 0 radical (unpaired) electrons. The Morgan fingerprint density at radius 3 is 2.92 bits per heavy atom. The Bertz CT molecular complexity index is 273. The van der Waals surface area contributed by atoms with Crippen molar-refractivity contribution in [3.63, 3.8) is 0 Å². The number of hydrogen-bond donors (Lipinski definition) is 1. The molecule has 13 heavy (non-hydrogen) atoms. The maximum absolute atomic E-state index is 11.4. The molecule has 1 aromatic rings. The van der Waals surface area contributed by atoms with Crippen LogP contribution in [0.5, 0.6) is 0 Å². The minimum atomic E-state index is -0.0745. The van der Waals surface area contributed by atoms with Crippen LogP contribution >= 0.6 is 0 Å². The quantitative estimate of drug-likeness (QED) is 0.694. The average Bonchev–Trinajstić information content (AvgIpc) is 2.19. The maximum Gasteiger partial charge on any atom is 0.184 e. The van der Waals surface area contributed by atoms with Crippen LogP contribution in [-0.2, 0) is 0 Å². The van der Waals surface area contributed by atoms with Gasteiger partial charge in [-0.2, -0.15) is 0 Å². The van der Waals surface area contributed by atoms with Gasteiger partial charge in [-0.25, -0.2) is 4.98 Å². The number of ketones is 1. The number of hydrogen-bond acceptors (Lipinski definition) is 4. The molecule has 0 aromatic carbocycles. The van der Waals surface area contributed by atoms with Gasteiger partial charge in [-0.15, -0.1) is 0 Å². The summed E-state index contributed by atoms with van der Waals surface area (Å²) in [5.74, 6) is -0.0394. The van der Waals surface area contributed by atoms with E-state index in [9.17, 15) is 4.79 Å². The van der Waals surface area contributed by atoms with Crippen LogP contribution in [0.2, 0.25) is 0 Å². The Kier molecular flexibility index (Phi) is 3.52. The second kappa shape index (κ2) is 4.67. The SMILES string of the molecule is CCC(N)CC(=O)c1cnccn1. The Balaban J connectivity index is 2.59. The predicted octanol–water partition coefficient (Wildman–Crippen LogP) is 0.787. The summed E-state index contributed by atoms with van der Waals surface area (Å²) in [5, 5.41) is 0. The van der Waals surface area contributed by atoms with Gasteiger partial charge in [0.2, 0.25) is 0 Å². The van der Waals surface area contributed by atoms with Crippen molar-refractivity contribution < 1.29 is 4.79 Å². The number of rotatable bonds is 4. The molecule has 0 saturated heterocycles. The molecule has 0 aliphatic carbocycles. The Labute approximate surface area is 77.2 Å². The van der Waals surface area contributed by atoms with E-state index >= 15 is 0 Å². The van der Waals surface area contributed by atoms with Crippen molar-refractivity contribution in [1.82, 2.24) is 9.97 Å². The third kappa shape index (κ3) is 2.91. The van der Waals surface area contributed by atoms with Crippen LogP contribution in [0.15, 0.2) is 18.6 Å². The van der Waals surface area contributed by atoms with Gasteiger partial charge in [0.05, 0.1) is 6.20 Å². The smallest absolute Gasteiger partial charge is 0.184 e. The molecule has 1 heterocycles. The first-order valence-electron chi connectivity index (χ1n) is 4.28. The standard InChI is InChI=1S/C9H13N3O/c1-2-7(10)5-9(13)8-6-11-3-4-12-8/h3-4,6-7H,2,5,10H2,1H3. The molecule has 70 valence electrons. The van der Waals surface area contributed by atoms with Crippen LogP contribution in [0.4, 0.5) is 0 Å². The van der Waals surface area contributed by atoms with Crippen LogP contribution in [0, 0.1) is 0 Å². The van der Waals surface area contributed by atoms with Crippen LogP contribution < -0.4 is 5.73 Å². The lowest BCUT2D eigenvalue weighted by molar-refractivity contribution is 0.0968. The van der Waals surface area contributed by atoms with Gasteiger partial charge in [0.15, 0.2) is 5.78 Å². The predicted molar refractivity (Wildman–Crippen MR) is 49.2 cm³/mol. The number of aromatic nitrogens is 2. The zero-order valence-corrected chi connectivity index (χ0v) is 7.60. The maximum atomic E-state index is 11.4. The van der Waals surface area contributed by atoms with Crippen LogP contribution in [-0.4, -0.2) is 21.8 Å². The molecule has 1 rings (SSSR count). The lowest BCUT2D eigenvalue weighted by Crippen LogP contribution is -2.23. The minimum absolute atomic E-state index is 0.0394. The normalized spacial score (nSPS) is 12.5. The Morgan fingerprint density at radius 1 is 1.62 bits per heavy atom. The zero-order valence-electron chi connectivity index (χ0n) is 7.60. The van der Waals surface area contributed by atoms with E-state index in [-0.39, 0.29) is 11.8 Å². The van der Waals surface area contributed by atoms with Gasteiger partial charge in [0.1, 0.15) is 5.69 Å². The number of nitrogens with zero attached hydrogens (tertiary/aromatic N) is 2. The summed E-state index contributed by atoms with van der Waals surface area (Å²) in [6.45, 7) is 1.95. The first kappa shape index (κ1) is 9.80. The fourth-order valence-electron chi connectivity index (χ4n) is 0.930. The number of carbonyl (C=O) groups excluding carboxylic acids is 1. The highest BCUT2D eigenvalue weighted by atomic mass is 16.1. The van der Waals surface area contributed by atoms with Crippen molar-refractivity contribution in [2.24, 2.45) is 5.73 Å². The van der Waals surface area contributed by atoms with E-state index in [1.165, 1.54) is 18.6 Å². The summed E-state index contributed by atoms with van der Waals surface area (Å²) >= 11 is 0. The van der Waals surface area contributed by atoms with E-state index in [1.54, 1.807) is 0 Å². The van der Waals surface area contributed by atoms with Gasteiger partial charge >= 0.3 is 0 Å². The molecule has 2 N–H and O–H groups in total. The Hall–Kier alpha value is -1.29. The summed E-state index contributed by atoms with van der Waals surface area (Å²) in [7, 11) is 0. The summed E-state index contributed by atoms with van der Waals surface area (Å²) in [6.07, 6.45) is 5.65. The largest absolute Gasteiger partial charge is 0.327 e. The third-order valence-corrected chi connectivity index (χ3v) is 1.82. The molecular weight excluding hydrogens is 166 g/mol. The molecule has 1 aromatic heterocycles. The second-order valence-corrected chi connectivity index (χ2v) is 2.89. The molecule has 0 fully saturated rings. The highest BCUT2D eigenvalue weighted by Gasteiger charge is 2.10. The van der Waals surface area contributed by atoms with Crippen LogP contribution in [0.25, 0.3) is 0 Å². The molecule has 4 heteroatoms. The van der Waals surface area contributed by atoms with E-state index in [2.05, 4.69) is 9.97 Å². The topological polar surface area (TPSA) is 68.9 Å². The molecule has 0 aliphatic rings. The summed E-state index contributed by atoms with van der Waals surface area (Å²) in [5.41, 5.74) is 6.04. The molecule has 4 nitrogen and oxygen atoms in total. The van der Waals surface area contributed by atoms with Gasteiger partial charge in [-0.3, -0.25) is 9.78 Å². The van der Waals surface area contributed by atoms with E-state index in [0.29, 0.717) is 12.1 Å². The molecule has 1 unspecified atom stereocenters. The van der Waals surface area contributed by atoms with Crippen LogP contribution in [0.3, 0.4) is 0 Å². The highest BCUT2D eigenvalue weighted by molar-refractivity contribution is 5.94. The van der Waals surface area contributed by atoms with Gasteiger partial charge in [0.25, 0.3) is 0 Å². The molecular formula is C9H13N3O. The number of carbonyl (C=O) groups is 1. The summed E-state index contributed by atoms with van der Waals surface area (Å²) < 4.78 is 0. The van der Waals surface area contributed by atoms with Gasteiger partial charge < -0.3 is 5.73 Å². The minimum Gasteiger partial charge on any atom is -0.327 e. The van der Waals surface area contributed by atoms with E-state index < -0.39 is 0 Å². The zero-order chi connectivity index (χ0) is 9.68. The first-order chi connectivity index (χ1) is 6.24. The first-order valence-corrected chi connectivity index (χ1v) is 4.28. The third-order valence-electron chi connectivity index (χ3n) is 1.82. The lowest BCUT2D eigenvalue weighted by Gasteiger charge is -2.05. The fourth-order valence-corrected chi connectivity index (χ4v) is 0.930. The van der Waals surface area contributed by atoms with Crippen molar-refractivity contribution in [2.75, 3.05) is 0 Å². The molecule has 1 atom stereocenters. The molecule has 0 amide bonds. The van der Waals surface area contributed by atoms with Gasteiger partial charge in [0, 0.05) is 24.9 Å². The molecule has 0 spiro atoms. The van der Waals surface area contributed by atoms with Crippen molar-refractivity contribution in [3.8, 4) is 0 Å². The van der Waals surface area contributed by atoms with Crippen molar-refractivity contribution in [3.05, 3.63) is 24.3 Å². The van der Waals surface area contributed by atoms with Crippen molar-refractivity contribution in [1.29, 1.82) is 0 Å². The fraction of sp³-hybridized carbons (Fsp3) is 0.444. The van der Waals surface area contributed by atoms with E-state index in [4.69, 9.17) is 5.73 Å². The van der Waals surface area contributed by atoms with Gasteiger partial charge in [-0.05, 0) is 6.42 Å². The summed E-state index contributed by atoms with van der Waals surface area (Å²) in [4.78, 5) is 19.1. The van der Waals surface area contributed by atoms with E-state index in [0.717, 1.165) is 6.42 Å². The number of Topliss-reactive ketones (excluding diaryl/α,β-unsaturated/α-hetero) is 1. The highest BCUT2D eigenvalue weighted by Crippen LogP contribution is 2.01. The van der Waals surface area contributed by atoms with Crippen LogP contribution in [0.1, 0.15) is 30.3 Å². The Morgan fingerprint density at radius 2 is 2.38 bits per heavy atom. The molecule has 0 bridgehead atoms. The van der Waals surface area contributed by atoms with Gasteiger partial charge in [-0.1, -0.05) is 6.92 Å². The summed E-state index contributed by atoms with van der Waals surface area (Å²) in [6, 6.07) is -0.0745. The monoisotopic (exact) mass is 179 g/mol. The molecule has 0 aliphatic heterocycles.